The first-order valence-electron chi connectivity index (χ1n) is 5.37. The van der Waals surface area contributed by atoms with Gasteiger partial charge < -0.3 is 9.84 Å². The lowest BCUT2D eigenvalue weighted by atomic mass is 10.1. The van der Waals surface area contributed by atoms with Crippen molar-refractivity contribution in [2.45, 2.75) is 13.8 Å². The van der Waals surface area contributed by atoms with Gasteiger partial charge in [-0.3, -0.25) is 0 Å². The van der Waals surface area contributed by atoms with Gasteiger partial charge in [-0.2, -0.15) is 5.10 Å². The first-order chi connectivity index (χ1) is 8.56. The lowest BCUT2D eigenvalue weighted by molar-refractivity contribution is 0.0694. The lowest BCUT2D eigenvalue weighted by Crippen LogP contribution is -2.01. The SMILES string of the molecule is Cc1cnnc(Oc2ccc(C)cc2C(=O)O)c1. The zero-order valence-electron chi connectivity index (χ0n) is 10.0. The summed E-state index contributed by atoms with van der Waals surface area (Å²) in [5.41, 5.74) is 1.86. The molecule has 1 heterocycles. The lowest BCUT2D eigenvalue weighted by Gasteiger charge is -2.08. The molecule has 5 heteroatoms. The third-order valence-corrected chi connectivity index (χ3v) is 2.35. The maximum Gasteiger partial charge on any atom is 0.339 e. The van der Waals surface area contributed by atoms with Crippen LogP contribution in [0.3, 0.4) is 0 Å². The van der Waals surface area contributed by atoms with E-state index in [4.69, 9.17) is 9.84 Å². The van der Waals surface area contributed by atoms with Gasteiger partial charge >= 0.3 is 5.97 Å². The monoisotopic (exact) mass is 244 g/mol. The number of rotatable bonds is 3. The van der Waals surface area contributed by atoms with Crippen LogP contribution in [0.1, 0.15) is 21.5 Å². The van der Waals surface area contributed by atoms with E-state index in [1.807, 2.05) is 13.8 Å². The Morgan fingerprint density at radius 1 is 1.22 bits per heavy atom. The van der Waals surface area contributed by atoms with E-state index in [1.165, 1.54) is 0 Å². The van der Waals surface area contributed by atoms with Gasteiger partial charge in [-0.25, -0.2) is 4.79 Å². The third-order valence-electron chi connectivity index (χ3n) is 2.35. The van der Waals surface area contributed by atoms with Crippen molar-refractivity contribution in [2.24, 2.45) is 0 Å². The molecule has 1 N–H and O–H groups in total. The summed E-state index contributed by atoms with van der Waals surface area (Å²) >= 11 is 0. The van der Waals surface area contributed by atoms with Crippen molar-refractivity contribution in [2.75, 3.05) is 0 Å². The molecule has 18 heavy (non-hydrogen) atoms. The molecule has 0 fully saturated rings. The maximum atomic E-state index is 11.1. The normalized spacial score (nSPS) is 10.1. The highest BCUT2D eigenvalue weighted by molar-refractivity contribution is 5.91. The van der Waals surface area contributed by atoms with Gasteiger partial charge in [-0.15, -0.1) is 5.10 Å². The van der Waals surface area contributed by atoms with Crippen LogP contribution in [-0.4, -0.2) is 21.3 Å². The molecule has 0 bridgehead atoms. The second kappa shape index (κ2) is 4.83. The number of carbonyl (C=O) groups is 1. The van der Waals surface area contributed by atoms with E-state index in [1.54, 1.807) is 30.5 Å². The quantitative estimate of drug-likeness (QED) is 0.898. The fraction of sp³-hybridized carbons (Fsp3) is 0.154. The molecular formula is C13H12N2O3. The van der Waals surface area contributed by atoms with Crippen LogP contribution in [0.25, 0.3) is 0 Å². The molecule has 0 aliphatic rings. The summed E-state index contributed by atoms with van der Waals surface area (Å²) in [7, 11) is 0. The molecule has 0 saturated heterocycles. The Balaban J connectivity index is 2.37. The average molecular weight is 244 g/mol. The predicted molar refractivity (Wildman–Crippen MR) is 65.0 cm³/mol. The van der Waals surface area contributed by atoms with E-state index in [0.29, 0.717) is 0 Å². The number of benzene rings is 1. The summed E-state index contributed by atoms with van der Waals surface area (Å²) in [6.45, 7) is 3.68. The summed E-state index contributed by atoms with van der Waals surface area (Å²) in [5.74, 6) is -0.497. The second-order valence-corrected chi connectivity index (χ2v) is 3.98. The first-order valence-corrected chi connectivity index (χ1v) is 5.37. The van der Waals surface area contributed by atoms with Gasteiger partial charge in [-0.05, 0) is 31.5 Å². The number of ether oxygens (including phenoxy) is 1. The van der Waals surface area contributed by atoms with Crippen LogP contribution in [0.2, 0.25) is 0 Å². The van der Waals surface area contributed by atoms with E-state index in [9.17, 15) is 4.79 Å². The Hall–Kier alpha value is -2.43. The molecule has 2 aromatic rings. The molecular weight excluding hydrogens is 232 g/mol. The molecule has 92 valence electrons. The van der Waals surface area contributed by atoms with E-state index >= 15 is 0 Å². The smallest absolute Gasteiger partial charge is 0.339 e. The van der Waals surface area contributed by atoms with Gasteiger partial charge in [-0.1, -0.05) is 11.6 Å². The molecule has 2 rings (SSSR count). The van der Waals surface area contributed by atoms with E-state index in [2.05, 4.69) is 10.2 Å². The van der Waals surface area contributed by atoms with Gasteiger partial charge in [0.25, 0.3) is 0 Å². The summed E-state index contributed by atoms with van der Waals surface area (Å²) < 4.78 is 5.45. The van der Waals surface area contributed by atoms with Crippen molar-refractivity contribution in [3.05, 3.63) is 47.2 Å². The highest BCUT2D eigenvalue weighted by Crippen LogP contribution is 2.25. The van der Waals surface area contributed by atoms with Crippen LogP contribution < -0.4 is 4.74 Å². The molecule has 0 aliphatic carbocycles. The molecule has 0 amide bonds. The number of carboxylic acids is 1. The highest BCUT2D eigenvalue weighted by atomic mass is 16.5. The van der Waals surface area contributed by atoms with Crippen molar-refractivity contribution in [1.29, 1.82) is 0 Å². The molecule has 0 spiro atoms. The molecule has 0 atom stereocenters. The molecule has 0 radical (unpaired) electrons. The van der Waals surface area contributed by atoms with E-state index in [0.717, 1.165) is 11.1 Å². The van der Waals surface area contributed by atoms with Crippen molar-refractivity contribution in [3.8, 4) is 11.6 Å². The Bertz CT molecular complexity index is 597. The minimum atomic E-state index is -1.03. The predicted octanol–water partition coefficient (Wildman–Crippen LogP) is 2.58. The minimum absolute atomic E-state index is 0.110. The van der Waals surface area contributed by atoms with E-state index in [-0.39, 0.29) is 17.2 Å². The van der Waals surface area contributed by atoms with Crippen LogP contribution in [0.5, 0.6) is 11.6 Å². The Morgan fingerprint density at radius 3 is 2.67 bits per heavy atom. The number of nitrogens with zero attached hydrogens (tertiary/aromatic N) is 2. The topological polar surface area (TPSA) is 72.3 Å². The maximum absolute atomic E-state index is 11.1. The van der Waals surface area contributed by atoms with Crippen LogP contribution in [-0.2, 0) is 0 Å². The van der Waals surface area contributed by atoms with Crippen molar-refractivity contribution < 1.29 is 14.6 Å². The van der Waals surface area contributed by atoms with Gasteiger partial charge in [0.15, 0.2) is 0 Å². The average Bonchev–Trinajstić information content (AvgIpc) is 2.31. The zero-order valence-corrected chi connectivity index (χ0v) is 10.0. The molecule has 1 aromatic carbocycles. The van der Waals surface area contributed by atoms with Gasteiger partial charge in [0.1, 0.15) is 11.3 Å². The fourth-order valence-electron chi connectivity index (χ4n) is 1.50. The molecule has 0 saturated carbocycles. The molecule has 5 nitrogen and oxygen atoms in total. The van der Waals surface area contributed by atoms with Crippen LogP contribution >= 0.6 is 0 Å². The van der Waals surface area contributed by atoms with Gasteiger partial charge in [0, 0.05) is 6.07 Å². The van der Waals surface area contributed by atoms with Crippen LogP contribution in [0.4, 0.5) is 0 Å². The molecule has 0 aliphatic heterocycles. The standard InChI is InChI=1S/C13H12N2O3/c1-8-3-4-11(10(5-8)13(16)17)18-12-6-9(2)7-14-15-12/h3-7H,1-2H3,(H,16,17). The number of aromatic nitrogens is 2. The summed E-state index contributed by atoms with van der Waals surface area (Å²) in [6, 6.07) is 6.65. The first kappa shape index (κ1) is 12.0. The highest BCUT2D eigenvalue weighted by Gasteiger charge is 2.12. The minimum Gasteiger partial charge on any atom is -0.478 e. The number of hydrogen-bond donors (Lipinski definition) is 1. The summed E-state index contributed by atoms with van der Waals surface area (Å²) in [5, 5.41) is 16.6. The Morgan fingerprint density at radius 2 is 2.00 bits per heavy atom. The fourth-order valence-corrected chi connectivity index (χ4v) is 1.50. The largest absolute Gasteiger partial charge is 0.478 e. The van der Waals surface area contributed by atoms with Crippen molar-refractivity contribution >= 4 is 5.97 Å². The molecule has 0 unspecified atom stereocenters. The summed E-state index contributed by atoms with van der Waals surface area (Å²) in [4.78, 5) is 11.1. The number of hydrogen-bond acceptors (Lipinski definition) is 4. The number of aryl methyl sites for hydroxylation is 2. The Kier molecular flexibility index (Phi) is 3.23. The Labute approximate surface area is 104 Å². The zero-order chi connectivity index (χ0) is 13.1. The number of carboxylic acid groups (broad SMARTS) is 1. The van der Waals surface area contributed by atoms with E-state index < -0.39 is 5.97 Å². The number of aromatic carboxylic acids is 1. The third kappa shape index (κ3) is 2.63. The van der Waals surface area contributed by atoms with Crippen molar-refractivity contribution in [3.63, 3.8) is 0 Å². The molecule has 1 aromatic heterocycles. The van der Waals surface area contributed by atoms with Crippen molar-refractivity contribution in [1.82, 2.24) is 10.2 Å². The second-order valence-electron chi connectivity index (χ2n) is 3.98. The summed E-state index contributed by atoms with van der Waals surface area (Å²) in [6.07, 6.45) is 1.60. The van der Waals surface area contributed by atoms with Crippen LogP contribution in [0.15, 0.2) is 30.5 Å². The van der Waals surface area contributed by atoms with Gasteiger partial charge in [0.2, 0.25) is 5.88 Å². The van der Waals surface area contributed by atoms with Crippen LogP contribution in [0, 0.1) is 13.8 Å². The van der Waals surface area contributed by atoms with Gasteiger partial charge in [0.05, 0.1) is 6.20 Å².